The van der Waals surface area contributed by atoms with Gasteiger partial charge in [-0.25, -0.2) is 8.78 Å². The molecule has 2 rings (SSSR count). The van der Waals surface area contributed by atoms with Crippen LogP contribution in [0.5, 0.6) is 0 Å². The first-order chi connectivity index (χ1) is 9.51. The van der Waals surface area contributed by atoms with Crippen LogP contribution in [0.15, 0.2) is 30.5 Å². The fourth-order valence-electron chi connectivity index (χ4n) is 2.14. The van der Waals surface area contributed by atoms with E-state index in [1.165, 1.54) is 0 Å². The molecular formula is C16H18F2N2. The Balaban J connectivity index is 2.28. The summed E-state index contributed by atoms with van der Waals surface area (Å²) in [5, 5.41) is 3.07. The minimum absolute atomic E-state index is 0.232. The van der Waals surface area contributed by atoms with E-state index < -0.39 is 11.6 Å². The summed E-state index contributed by atoms with van der Waals surface area (Å²) in [4.78, 5) is 4.32. The second kappa shape index (κ2) is 6.09. The van der Waals surface area contributed by atoms with Crippen LogP contribution in [-0.2, 0) is 6.42 Å². The molecule has 0 bridgehead atoms. The average Bonchev–Trinajstić information content (AvgIpc) is 2.43. The van der Waals surface area contributed by atoms with Gasteiger partial charge >= 0.3 is 0 Å². The molecule has 4 heteroatoms. The Morgan fingerprint density at radius 2 is 1.90 bits per heavy atom. The van der Waals surface area contributed by atoms with Crippen molar-refractivity contribution < 1.29 is 8.78 Å². The molecule has 0 aliphatic carbocycles. The number of hydrogen-bond donors (Lipinski definition) is 1. The van der Waals surface area contributed by atoms with Crippen molar-refractivity contribution in [2.45, 2.75) is 26.3 Å². The molecule has 0 aliphatic heterocycles. The first-order valence-corrected chi connectivity index (χ1v) is 6.55. The lowest BCUT2D eigenvalue weighted by Crippen LogP contribution is -2.21. The van der Waals surface area contributed by atoms with Gasteiger partial charge in [-0.3, -0.25) is 4.98 Å². The van der Waals surface area contributed by atoms with Crippen LogP contribution in [0.2, 0.25) is 0 Å². The Kier molecular flexibility index (Phi) is 4.45. The van der Waals surface area contributed by atoms with E-state index in [9.17, 15) is 8.78 Å². The Hall–Kier alpha value is -1.81. The van der Waals surface area contributed by atoms with Gasteiger partial charge in [0.15, 0.2) is 0 Å². The van der Waals surface area contributed by atoms with Crippen molar-refractivity contribution in [3.63, 3.8) is 0 Å². The fraction of sp³-hybridized carbons (Fsp3) is 0.312. The van der Waals surface area contributed by atoms with Gasteiger partial charge in [-0.15, -0.1) is 0 Å². The lowest BCUT2D eigenvalue weighted by molar-refractivity contribution is 0.516. The summed E-state index contributed by atoms with van der Waals surface area (Å²) in [5.41, 5.74) is 2.86. The number of rotatable bonds is 4. The minimum atomic E-state index is -0.528. The van der Waals surface area contributed by atoms with Crippen molar-refractivity contribution in [2.75, 3.05) is 7.05 Å². The molecule has 0 radical (unpaired) electrons. The second-order valence-corrected chi connectivity index (χ2v) is 5.00. The van der Waals surface area contributed by atoms with Gasteiger partial charge in [0, 0.05) is 36.0 Å². The van der Waals surface area contributed by atoms with Crippen molar-refractivity contribution >= 4 is 0 Å². The van der Waals surface area contributed by atoms with Crippen LogP contribution in [0.4, 0.5) is 8.78 Å². The van der Waals surface area contributed by atoms with Crippen LogP contribution < -0.4 is 5.32 Å². The standard InChI is InChI=1S/C16H18F2N2/c1-10-4-5-12(20-9-10)7-16(19-3)13-6-11(2)14(17)8-15(13)18/h4-6,8-9,16,19H,7H2,1-3H3. The third kappa shape index (κ3) is 3.20. The highest BCUT2D eigenvalue weighted by atomic mass is 19.1. The van der Waals surface area contributed by atoms with Crippen molar-refractivity contribution in [2.24, 2.45) is 0 Å². The highest BCUT2D eigenvalue weighted by Gasteiger charge is 2.17. The first kappa shape index (κ1) is 14.6. The molecule has 0 saturated carbocycles. The van der Waals surface area contributed by atoms with Crippen LogP contribution >= 0.6 is 0 Å². The molecule has 1 N–H and O–H groups in total. The monoisotopic (exact) mass is 276 g/mol. The normalized spacial score (nSPS) is 12.4. The number of pyridine rings is 1. The van der Waals surface area contributed by atoms with Gasteiger partial charge in [0.1, 0.15) is 11.6 Å². The fourth-order valence-corrected chi connectivity index (χ4v) is 2.14. The highest BCUT2D eigenvalue weighted by Crippen LogP contribution is 2.23. The Morgan fingerprint density at radius 3 is 2.50 bits per heavy atom. The van der Waals surface area contributed by atoms with E-state index in [0.717, 1.165) is 17.3 Å². The van der Waals surface area contributed by atoms with Crippen LogP contribution in [0, 0.1) is 25.5 Å². The van der Waals surface area contributed by atoms with Crippen molar-refractivity contribution in [1.29, 1.82) is 0 Å². The molecule has 0 amide bonds. The van der Waals surface area contributed by atoms with E-state index in [1.54, 1.807) is 26.2 Å². The van der Waals surface area contributed by atoms with Gasteiger partial charge in [-0.1, -0.05) is 6.07 Å². The number of hydrogen-bond acceptors (Lipinski definition) is 2. The minimum Gasteiger partial charge on any atom is -0.313 e. The molecule has 2 nitrogen and oxygen atoms in total. The Morgan fingerprint density at radius 1 is 1.15 bits per heavy atom. The number of aryl methyl sites for hydroxylation is 2. The number of benzene rings is 1. The van der Waals surface area contributed by atoms with E-state index in [4.69, 9.17) is 0 Å². The van der Waals surface area contributed by atoms with E-state index in [2.05, 4.69) is 10.3 Å². The maximum Gasteiger partial charge on any atom is 0.130 e. The molecule has 2 aromatic rings. The molecule has 20 heavy (non-hydrogen) atoms. The van der Waals surface area contributed by atoms with Gasteiger partial charge < -0.3 is 5.32 Å². The van der Waals surface area contributed by atoms with E-state index >= 15 is 0 Å². The van der Waals surface area contributed by atoms with Crippen LogP contribution in [0.25, 0.3) is 0 Å². The number of nitrogens with one attached hydrogen (secondary N) is 1. The highest BCUT2D eigenvalue weighted by molar-refractivity contribution is 5.29. The second-order valence-electron chi connectivity index (χ2n) is 5.00. The lowest BCUT2D eigenvalue weighted by Gasteiger charge is -2.18. The number of likely N-dealkylation sites (N-methyl/N-ethyl adjacent to an activating group) is 1. The van der Waals surface area contributed by atoms with E-state index in [-0.39, 0.29) is 6.04 Å². The molecule has 1 atom stereocenters. The van der Waals surface area contributed by atoms with Gasteiger partial charge in [0.2, 0.25) is 0 Å². The Labute approximate surface area is 117 Å². The maximum atomic E-state index is 13.9. The molecule has 1 aromatic carbocycles. The summed E-state index contributed by atoms with van der Waals surface area (Å²) in [6, 6.07) is 6.16. The average molecular weight is 276 g/mol. The SMILES string of the molecule is CNC(Cc1ccc(C)cn1)c1cc(C)c(F)cc1F. The van der Waals surface area contributed by atoms with Crippen LogP contribution in [-0.4, -0.2) is 12.0 Å². The third-order valence-electron chi connectivity index (χ3n) is 3.39. The quantitative estimate of drug-likeness (QED) is 0.924. The van der Waals surface area contributed by atoms with Crippen molar-refractivity contribution in [1.82, 2.24) is 10.3 Å². The summed E-state index contributed by atoms with van der Waals surface area (Å²) in [6.07, 6.45) is 2.34. The Bertz CT molecular complexity index is 594. The molecule has 1 heterocycles. The predicted octanol–water partition coefficient (Wildman–Crippen LogP) is 3.48. The van der Waals surface area contributed by atoms with Gasteiger partial charge in [-0.05, 0) is 44.2 Å². The summed E-state index contributed by atoms with van der Waals surface area (Å²) in [5.74, 6) is -1.05. The van der Waals surface area contributed by atoms with Crippen LogP contribution in [0.1, 0.15) is 28.4 Å². The molecule has 1 aromatic heterocycles. The third-order valence-corrected chi connectivity index (χ3v) is 3.39. The zero-order valence-corrected chi connectivity index (χ0v) is 11.9. The lowest BCUT2D eigenvalue weighted by atomic mass is 9.99. The predicted molar refractivity (Wildman–Crippen MR) is 75.6 cm³/mol. The molecule has 0 saturated heterocycles. The first-order valence-electron chi connectivity index (χ1n) is 6.55. The summed E-state index contributed by atoms with van der Waals surface area (Å²) in [7, 11) is 1.76. The smallest absolute Gasteiger partial charge is 0.130 e. The number of nitrogens with zero attached hydrogens (tertiary/aromatic N) is 1. The molecule has 1 unspecified atom stereocenters. The topological polar surface area (TPSA) is 24.9 Å². The molecule has 0 spiro atoms. The summed E-state index contributed by atoms with van der Waals surface area (Å²) in [6.45, 7) is 3.60. The van der Waals surface area contributed by atoms with Crippen LogP contribution in [0.3, 0.4) is 0 Å². The summed E-state index contributed by atoms with van der Waals surface area (Å²) < 4.78 is 27.3. The zero-order chi connectivity index (χ0) is 14.7. The molecule has 0 fully saturated rings. The van der Waals surface area contributed by atoms with Gasteiger partial charge in [-0.2, -0.15) is 0 Å². The molecular weight excluding hydrogens is 258 g/mol. The maximum absolute atomic E-state index is 13.9. The largest absolute Gasteiger partial charge is 0.313 e. The number of aromatic nitrogens is 1. The zero-order valence-electron chi connectivity index (χ0n) is 11.9. The van der Waals surface area contributed by atoms with E-state index in [1.807, 2.05) is 19.1 Å². The molecule has 106 valence electrons. The van der Waals surface area contributed by atoms with Crippen molar-refractivity contribution in [3.8, 4) is 0 Å². The van der Waals surface area contributed by atoms with Gasteiger partial charge in [0.05, 0.1) is 0 Å². The summed E-state index contributed by atoms with van der Waals surface area (Å²) >= 11 is 0. The molecule has 0 aliphatic rings. The van der Waals surface area contributed by atoms with Crippen molar-refractivity contribution in [3.05, 3.63) is 64.5 Å². The van der Waals surface area contributed by atoms with E-state index in [0.29, 0.717) is 17.5 Å². The van der Waals surface area contributed by atoms with Gasteiger partial charge in [0.25, 0.3) is 0 Å². The number of halogens is 2.